The van der Waals surface area contributed by atoms with Crippen LogP contribution in [0.5, 0.6) is 0 Å². The van der Waals surface area contributed by atoms with Crippen LogP contribution >= 0.6 is 0 Å². The van der Waals surface area contributed by atoms with Crippen LogP contribution in [-0.2, 0) is 4.79 Å². The first kappa shape index (κ1) is 14.4. The van der Waals surface area contributed by atoms with E-state index in [1.807, 2.05) is 0 Å². The SMILES string of the molecule is CCC(C)CC(=O)NCC(CC)CCO. The van der Waals surface area contributed by atoms with Gasteiger partial charge in [0, 0.05) is 19.6 Å². The van der Waals surface area contributed by atoms with Crippen molar-refractivity contribution in [2.45, 2.75) is 46.5 Å². The van der Waals surface area contributed by atoms with E-state index in [-0.39, 0.29) is 12.5 Å². The summed E-state index contributed by atoms with van der Waals surface area (Å²) in [5, 5.41) is 11.7. The second-order valence-electron chi connectivity index (χ2n) is 4.31. The van der Waals surface area contributed by atoms with Gasteiger partial charge in [-0.15, -0.1) is 0 Å². The van der Waals surface area contributed by atoms with Gasteiger partial charge in [-0.05, 0) is 18.3 Å². The molecule has 2 atom stereocenters. The lowest BCUT2D eigenvalue weighted by molar-refractivity contribution is -0.122. The monoisotopic (exact) mass is 215 g/mol. The highest BCUT2D eigenvalue weighted by Gasteiger charge is 2.10. The molecule has 3 heteroatoms. The van der Waals surface area contributed by atoms with Crippen molar-refractivity contribution in [2.75, 3.05) is 13.2 Å². The van der Waals surface area contributed by atoms with Crippen LogP contribution in [0.25, 0.3) is 0 Å². The van der Waals surface area contributed by atoms with Crippen molar-refractivity contribution in [3.8, 4) is 0 Å². The molecule has 90 valence electrons. The Bertz CT molecular complexity index is 171. The molecule has 0 aromatic rings. The smallest absolute Gasteiger partial charge is 0.220 e. The molecule has 0 bridgehead atoms. The number of hydrogen-bond donors (Lipinski definition) is 2. The van der Waals surface area contributed by atoms with E-state index in [9.17, 15) is 4.79 Å². The molecule has 0 aliphatic heterocycles. The molecule has 3 nitrogen and oxygen atoms in total. The van der Waals surface area contributed by atoms with E-state index in [1.54, 1.807) is 0 Å². The Morgan fingerprint density at radius 3 is 2.47 bits per heavy atom. The van der Waals surface area contributed by atoms with E-state index in [0.717, 1.165) is 19.3 Å². The van der Waals surface area contributed by atoms with Crippen molar-refractivity contribution in [1.29, 1.82) is 0 Å². The molecule has 0 radical (unpaired) electrons. The maximum absolute atomic E-state index is 11.5. The van der Waals surface area contributed by atoms with Crippen molar-refractivity contribution in [3.05, 3.63) is 0 Å². The Balaban J connectivity index is 3.68. The largest absolute Gasteiger partial charge is 0.396 e. The Morgan fingerprint density at radius 1 is 1.33 bits per heavy atom. The van der Waals surface area contributed by atoms with Crippen LogP contribution in [0.3, 0.4) is 0 Å². The fourth-order valence-corrected chi connectivity index (χ4v) is 1.42. The van der Waals surface area contributed by atoms with Gasteiger partial charge in [-0.3, -0.25) is 4.79 Å². The zero-order valence-electron chi connectivity index (χ0n) is 10.3. The molecule has 0 heterocycles. The topological polar surface area (TPSA) is 49.3 Å². The zero-order chi connectivity index (χ0) is 11.7. The molecule has 0 aliphatic rings. The van der Waals surface area contributed by atoms with E-state index in [1.165, 1.54) is 0 Å². The third-order valence-corrected chi connectivity index (χ3v) is 2.93. The molecule has 1 amide bonds. The number of hydrogen-bond acceptors (Lipinski definition) is 2. The van der Waals surface area contributed by atoms with Crippen molar-refractivity contribution in [1.82, 2.24) is 5.32 Å². The third kappa shape index (κ3) is 7.37. The quantitative estimate of drug-likeness (QED) is 0.650. The van der Waals surface area contributed by atoms with Gasteiger partial charge in [-0.2, -0.15) is 0 Å². The van der Waals surface area contributed by atoms with Crippen molar-refractivity contribution >= 4 is 5.91 Å². The van der Waals surface area contributed by atoms with E-state index < -0.39 is 0 Å². The lowest BCUT2D eigenvalue weighted by Gasteiger charge is -2.15. The number of amides is 1. The standard InChI is InChI=1S/C12H25NO2/c1-4-10(3)8-12(15)13-9-11(5-2)6-7-14/h10-11,14H,4-9H2,1-3H3,(H,13,15). The molecule has 0 spiro atoms. The van der Waals surface area contributed by atoms with Crippen LogP contribution in [0, 0.1) is 11.8 Å². The first-order chi connectivity index (χ1) is 7.13. The second kappa shape index (κ2) is 8.72. The molecule has 2 unspecified atom stereocenters. The third-order valence-electron chi connectivity index (χ3n) is 2.93. The van der Waals surface area contributed by atoms with E-state index in [2.05, 4.69) is 26.1 Å². The maximum Gasteiger partial charge on any atom is 0.220 e. The summed E-state index contributed by atoms with van der Waals surface area (Å²) in [5.74, 6) is 1.01. The van der Waals surface area contributed by atoms with Crippen LogP contribution < -0.4 is 5.32 Å². The van der Waals surface area contributed by atoms with Crippen LogP contribution in [0.15, 0.2) is 0 Å². The Labute approximate surface area is 93.3 Å². The van der Waals surface area contributed by atoms with Crippen molar-refractivity contribution < 1.29 is 9.90 Å². The molecule has 0 saturated heterocycles. The summed E-state index contributed by atoms with van der Waals surface area (Å²) in [6.45, 7) is 7.18. The van der Waals surface area contributed by atoms with Gasteiger partial charge >= 0.3 is 0 Å². The Morgan fingerprint density at radius 2 is 2.00 bits per heavy atom. The van der Waals surface area contributed by atoms with Crippen molar-refractivity contribution in [3.63, 3.8) is 0 Å². The molecule has 15 heavy (non-hydrogen) atoms. The lowest BCUT2D eigenvalue weighted by atomic mass is 10.0. The highest BCUT2D eigenvalue weighted by Crippen LogP contribution is 2.08. The molecule has 0 aliphatic carbocycles. The minimum Gasteiger partial charge on any atom is -0.396 e. The number of rotatable bonds is 8. The first-order valence-electron chi connectivity index (χ1n) is 6.01. The molecular formula is C12H25NO2. The predicted molar refractivity (Wildman–Crippen MR) is 62.6 cm³/mol. The molecule has 0 rings (SSSR count). The van der Waals surface area contributed by atoms with Gasteiger partial charge in [0.05, 0.1) is 0 Å². The minimum absolute atomic E-state index is 0.140. The molecule has 0 fully saturated rings. The van der Waals surface area contributed by atoms with Gasteiger partial charge < -0.3 is 10.4 Å². The van der Waals surface area contributed by atoms with Crippen LogP contribution in [-0.4, -0.2) is 24.2 Å². The summed E-state index contributed by atoms with van der Waals surface area (Å²) >= 11 is 0. The average molecular weight is 215 g/mol. The van der Waals surface area contributed by atoms with Crippen LogP contribution in [0.4, 0.5) is 0 Å². The van der Waals surface area contributed by atoms with E-state index in [4.69, 9.17) is 5.11 Å². The summed E-state index contributed by atoms with van der Waals surface area (Å²) in [6, 6.07) is 0. The van der Waals surface area contributed by atoms with Gasteiger partial charge in [0.1, 0.15) is 0 Å². The fourth-order valence-electron chi connectivity index (χ4n) is 1.42. The van der Waals surface area contributed by atoms with Gasteiger partial charge in [0.2, 0.25) is 5.91 Å². The summed E-state index contributed by atoms with van der Waals surface area (Å²) < 4.78 is 0. The number of aliphatic hydroxyl groups excluding tert-OH is 1. The fraction of sp³-hybridized carbons (Fsp3) is 0.917. The lowest BCUT2D eigenvalue weighted by Crippen LogP contribution is -2.30. The van der Waals surface area contributed by atoms with Gasteiger partial charge in [-0.1, -0.05) is 33.6 Å². The predicted octanol–water partition coefficient (Wildman–Crippen LogP) is 1.95. The highest BCUT2D eigenvalue weighted by atomic mass is 16.3. The molecule has 0 aromatic carbocycles. The van der Waals surface area contributed by atoms with Gasteiger partial charge in [0.25, 0.3) is 0 Å². The zero-order valence-corrected chi connectivity index (χ0v) is 10.3. The molecule has 2 N–H and O–H groups in total. The van der Waals surface area contributed by atoms with Gasteiger partial charge in [0.15, 0.2) is 0 Å². The van der Waals surface area contributed by atoms with Crippen LogP contribution in [0.1, 0.15) is 46.5 Å². The second-order valence-corrected chi connectivity index (χ2v) is 4.31. The summed E-state index contributed by atoms with van der Waals surface area (Å²) in [4.78, 5) is 11.5. The first-order valence-corrected chi connectivity index (χ1v) is 6.01. The Hall–Kier alpha value is -0.570. The number of nitrogens with one attached hydrogen (secondary N) is 1. The molecule has 0 aromatic heterocycles. The average Bonchev–Trinajstić information content (AvgIpc) is 2.23. The molecule has 0 saturated carbocycles. The Kier molecular flexibility index (Phi) is 8.38. The van der Waals surface area contributed by atoms with E-state index in [0.29, 0.717) is 24.8 Å². The number of carbonyl (C=O) groups is 1. The van der Waals surface area contributed by atoms with E-state index >= 15 is 0 Å². The van der Waals surface area contributed by atoms with Gasteiger partial charge in [-0.25, -0.2) is 0 Å². The highest BCUT2D eigenvalue weighted by molar-refractivity contribution is 5.76. The summed E-state index contributed by atoms with van der Waals surface area (Å²) in [6.07, 6.45) is 3.44. The minimum atomic E-state index is 0.140. The van der Waals surface area contributed by atoms with Crippen molar-refractivity contribution in [2.24, 2.45) is 11.8 Å². The number of carbonyl (C=O) groups excluding carboxylic acids is 1. The summed E-state index contributed by atoms with van der Waals surface area (Å²) in [7, 11) is 0. The van der Waals surface area contributed by atoms with Crippen LogP contribution in [0.2, 0.25) is 0 Å². The normalized spacial score (nSPS) is 14.7. The number of aliphatic hydroxyl groups is 1. The summed E-state index contributed by atoms with van der Waals surface area (Å²) in [5.41, 5.74) is 0. The molecular weight excluding hydrogens is 190 g/mol. The maximum atomic E-state index is 11.5.